The Kier molecular flexibility index (Phi) is 6.24. The second-order valence-corrected chi connectivity index (χ2v) is 6.25. The maximum absolute atomic E-state index is 13.8. The van der Waals surface area contributed by atoms with Gasteiger partial charge in [0.2, 0.25) is 0 Å². The smallest absolute Gasteiger partial charge is 0.137 e. The van der Waals surface area contributed by atoms with Crippen LogP contribution in [0.5, 0.6) is 0 Å². The van der Waals surface area contributed by atoms with Gasteiger partial charge in [-0.1, -0.05) is 37.5 Å². The van der Waals surface area contributed by atoms with Crippen LogP contribution in [0, 0.1) is 5.82 Å². The van der Waals surface area contributed by atoms with E-state index in [2.05, 4.69) is 34.2 Å². The van der Waals surface area contributed by atoms with Crippen LogP contribution in [-0.2, 0) is 0 Å². The van der Waals surface area contributed by atoms with E-state index in [0.717, 1.165) is 24.9 Å². The Hall–Kier alpha value is -0.670. The Labute approximate surface area is 129 Å². The molecule has 0 bridgehead atoms. The summed E-state index contributed by atoms with van der Waals surface area (Å²) < 4.78 is 14.3. The summed E-state index contributed by atoms with van der Waals surface area (Å²) >= 11 is 3.23. The van der Waals surface area contributed by atoms with Crippen LogP contribution in [0.2, 0.25) is 0 Å². The third-order valence-electron chi connectivity index (χ3n) is 3.88. The number of benzene rings is 1. The highest BCUT2D eigenvalue weighted by Gasteiger charge is 2.17. The van der Waals surface area contributed by atoms with Gasteiger partial charge >= 0.3 is 0 Å². The standard InChI is InChI=1S/C17H23BrFN/c1-2-20-17(13-8-6-4-3-5-7-9-13)14-10-11-15(18)16(19)12-14/h8,10-12,17,20H,2-7,9H2,1H3/b13-8+. The molecule has 1 aromatic carbocycles. The molecule has 0 radical (unpaired) electrons. The Balaban J connectivity index is 2.26. The molecule has 1 aliphatic carbocycles. The molecule has 2 rings (SSSR count). The van der Waals surface area contributed by atoms with E-state index < -0.39 is 0 Å². The molecular formula is C17H23BrFN. The first kappa shape index (κ1) is 15.7. The van der Waals surface area contributed by atoms with Gasteiger partial charge < -0.3 is 5.32 Å². The lowest BCUT2D eigenvalue weighted by atomic mass is 9.91. The normalized spacial score (nSPS) is 20.6. The summed E-state index contributed by atoms with van der Waals surface area (Å²) in [6, 6.07) is 5.62. The third-order valence-corrected chi connectivity index (χ3v) is 4.53. The maximum atomic E-state index is 13.8. The predicted molar refractivity (Wildman–Crippen MR) is 86.3 cm³/mol. The molecule has 0 aromatic heterocycles. The van der Waals surface area contributed by atoms with Crippen molar-refractivity contribution in [1.82, 2.24) is 5.32 Å². The number of hydrogen-bond donors (Lipinski definition) is 1. The summed E-state index contributed by atoms with van der Waals surface area (Å²) in [5.41, 5.74) is 2.45. The SMILES string of the molecule is CCNC(/C1=C/CCCCCC1)c1ccc(Br)c(F)c1. The third kappa shape index (κ3) is 4.16. The minimum absolute atomic E-state index is 0.153. The average Bonchev–Trinajstić information content (AvgIpc) is 2.40. The van der Waals surface area contributed by atoms with Crippen molar-refractivity contribution in [2.75, 3.05) is 6.54 Å². The summed E-state index contributed by atoms with van der Waals surface area (Å²) in [5, 5.41) is 3.51. The van der Waals surface area contributed by atoms with E-state index in [0.29, 0.717) is 4.47 Å². The summed E-state index contributed by atoms with van der Waals surface area (Å²) in [5.74, 6) is -0.183. The predicted octanol–water partition coefficient (Wildman–Crippen LogP) is 5.52. The molecule has 20 heavy (non-hydrogen) atoms. The van der Waals surface area contributed by atoms with Gasteiger partial charge in [0.1, 0.15) is 5.82 Å². The summed E-state index contributed by atoms with van der Waals surface area (Å²) in [7, 11) is 0. The van der Waals surface area contributed by atoms with Crippen molar-refractivity contribution in [3.05, 3.63) is 45.7 Å². The van der Waals surface area contributed by atoms with Crippen LogP contribution in [-0.4, -0.2) is 6.54 Å². The van der Waals surface area contributed by atoms with Gasteiger partial charge in [0.05, 0.1) is 10.5 Å². The van der Waals surface area contributed by atoms with Gasteiger partial charge in [-0.05, 0) is 65.9 Å². The lowest BCUT2D eigenvalue weighted by Crippen LogP contribution is -2.23. The monoisotopic (exact) mass is 339 g/mol. The lowest BCUT2D eigenvalue weighted by molar-refractivity contribution is 0.549. The highest BCUT2D eigenvalue weighted by atomic mass is 79.9. The number of halogens is 2. The fraction of sp³-hybridized carbons (Fsp3) is 0.529. The van der Waals surface area contributed by atoms with Crippen molar-refractivity contribution in [3.63, 3.8) is 0 Å². The van der Waals surface area contributed by atoms with E-state index in [9.17, 15) is 4.39 Å². The molecule has 1 unspecified atom stereocenters. The van der Waals surface area contributed by atoms with Gasteiger partial charge in [0.15, 0.2) is 0 Å². The van der Waals surface area contributed by atoms with E-state index in [1.807, 2.05) is 6.07 Å². The Bertz CT molecular complexity index is 470. The molecule has 0 heterocycles. The van der Waals surface area contributed by atoms with Crippen LogP contribution in [0.1, 0.15) is 57.1 Å². The molecule has 3 heteroatoms. The van der Waals surface area contributed by atoms with E-state index in [1.165, 1.54) is 31.3 Å². The molecule has 0 saturated carbocycles. The van der Waals surface area contributed by atoms with Crippen LogP contribution in [0.3, 0.4) is 0 Å². The van der Waals surface area contributed by atoms with Crippen LogP contribution in [0.4, 0.5) is 4.39 Å². The highest BCUT2D eigenvalue weighted by Crippen LogP contribution is 2.30. The molecule has 0 saturated heterocycles. The Morgan fingerprint density at radius 1 is 1.25 bits per heavy atom. The van der Waals surface area contributed by atoms with Crippen LogP contribution >= 0.6 is 15.9 Å². The lowest BCUT2D eigenvalue weighted by Gasteiger charge is -2.24. The number of rotatable bonds is 4. The molecule has 110 valence electrons. The van der Waals surface area contributed by atoms with Crippen molar-refractivity contribution in [2.24, 2.45) is 0 Å². The van der Waals surface area contributed by atoms with Gasteiger partial charge in [-0.25, -0.2) is 4.39 Å². The van der Waals surface area contributed by atoms with Gasteiger partial charge in [-0.2, -0.15) is 0 Å². The zero-order valence-corrected chi connectivity index (χ0v) is 13.7. The molecule has 0 amide bonds. The number of hydrogen-bond acceptors (Lipinski definition) is 1. The highest BCUT2D eigenvalue weighted by molar-refractivity contribution is 9.10. The zero-order chi connectivity index (χ0) is 14.4. The zero-order valence-electron chi connectivity index (χ0n) is 12.1. The first-order valence-corrected chi connectivity index (χ1v) is 8.39. The van der Waals surface area contributed by atoms with Crippen LogP contribution in [0.25, 0.3) is 0 Å². The molecule has 1 nitrogen and oxygen atoms in total. The second kappa shape index (κ2) is 7.94. The minimum Gasteiger partial charge on any atom is -0.307 e. The largest absolute Gasteiger partial charge is 0.307 e. The van der Waals surface area contributed by atoms with E-state index >= 15 is 0 Å². The van der Waals surface area contributed by atoms with Crippen molar-refractivity contribution in [3.8, 4) is 0 Å². The van der Waals surface area contributed by atoms with E-state index in [4.69, 9.17) is 0 Å². The van der Waals surface area contributed by atoms with Gasteiger partial charge in [-0.15, -0.1) is 0 Å². The summed E-state index contributed by atoms with van der Waals surface area (Å²) in [4.78, 5) is 0. The van der Waals surface area contributed by atoms with Crippen molar-refractivity contribution >= 4 is 15.9 Å². The quantitative estimate of drug-likeness (QED) is 0.712. The maximum Gasteiger partial charge on any atom is 0.137 e. The van der Waals surface area contributed by atoms with Crippen LogP contribution < -0.4 is 5.32 Å². The minimum atomic E-state index is -0.183. The molecule has 1 aromatic rings. The van der Waals surface area contributed by atoms with Crippen molar-refractivity contribution < 1.29 is 4.39 Å². The fourth-order valence-electron chi connectivity index (χ4n) is 2.84. The molecule has 1 N–H and O–H groups in total. The first-order valence-electron chi connectivity index (χ1n) is 7.59. The van der Waals surface area contributed by atoms with E-state index in [-0.39, 0.29) is 11.9 Å². The topological polar surface area (TPSA) is 12.0 Å². The molecule has 0 spiro atoms. The van der Waals surface area contributed by atoms with Crippen molar-refractivity contribution in [2.45, 2.75) is 51.5 Å². The van der Waals surface area contributed by atoms with E-state index in [1.54, 1.807) is 12.1 Å². The van der Waals surface area contributed by atoms with Gasteiger partial charge in [0, 0.05) is 0 Å². The average molecular weight is 340 g/mol. The second-order valence-electron chi connectivity index (χ2n) is 5.40. The first-order chi connectivity index (χ1) is 9.72. The summed E-state index contributed by atoms with van der Waals surface area (Å²) in [6.07, 6.45) is 9.80. The number of nitrogens with one attached hydrogen (secondary N) is 1. The van der Waals surface area contributed by atoms with Gasteiger partial charge in [-0.3, -0.25) is 0 Å². The molecular weight excluding hydrogens is 317 g/mol. The Morgan fingerprint density at radius 3 is 2.80 bits per heavy atom. The van der Waals surface area contributed by atoms with Crippen LogP contribution in [0.15, 0.2) is 34.3 Å². The number of allylic oxidation sites excluding steroid dienone is 1. The molecule has 1 aliphatic rings. The van der Waals surface area contributed by atoms with Gasteiger partial charge in [0.25, 0.3) is 0 Å². The fourth-order valence-corrected chi connectivity index (χ4v) is 3.08. The molecule has 0 fully saturated rings. The molecule has 1 atom stereocenters. The molecule has 0 aliphatic heterocycles. The van der Waals surface area contributed by atoms with Crippen molar-refractivity contribution in [1.29, 1.82) is 0 Å². The summed E-state index contributed by atoms with van der Waals surface area (Å²) in [6.45, 7) is 2.99. The Morgan fingerprint density at radius 2 is 2.05 bits per heavy atom. The number of likely N-dealkylation sites (N-methyl/N-ethyl adjacent to an activating group) is 1.